The molecule has 128 valence electrons. The molecular weight excluding hydrogens is 316 g/mol. The lowest BCUT2D eigenvalue weighted by molar-refractivity contribution is 0.0601. The van der Waals surface area contributed by atoms with Gasteiger partial charge in [0.2, 0.25) is 0 Å². The number of rotatable bonds is 3. The molecule has 1 saturated heterocycles. The van der Waals surface area contributed by atoms with Crippen molar-refractivity contribution >= 4 is 5.91 Å². The zero-order valence-corrected chi connectivity index (χ0v) is 14.1. The Morgan fingerprint density at radius 2 is 2.08 bits per heavy atom. The Morgan fingerprint density at radius 3 is 2.84 bits per heavy atom. The summed E-state index contributed by atoms with van der Waals surface area (Å²) in [6, 6.07) is 5.82. The minimum Gasteiger partial charge on any atom is -0.330 e. The Hall–Kier alpha value is -2.96. The van der Waals surface area contributed by atoms with E-state index >= 15 is 0 Å². The van der Waals surface area contributed by atoms with E-state index in [9.17, 15) is 4.79 Å². The van der Waals surface area contributed by atoms with Gasteiger partial charge in [0.1, 0.15) is 0 Å². The third-order valence-electron chi connectivity index (χ3n) is 4.70. The Kier molecular flexibility index (Phi) is 4.05. The molecule has 0 aliphatic carbocycles. The van der Waals surface area contributed by atoms with Gasteiger partial charge in [0.15, 0.2) is 0 Å². The lowest BCUT2D eigenvalue weighted by Gasteiger charge is -2.35. The van der Waals surface area contributed by atoms with Crippen molar-refractivity contribution in [3.63, 3.8) is 0 Å². The molecule has 4 heterocycles. The maximum atomic E-state index is 13.1. The van der Waals surface area contributed by atoms with Crippen LogP contribution in [0.3, 0.4) is 0 Å². The molecule has 4 rings (SSSR count). The molecule has 0 saturated carbocycles. The second-order valence-electron chi connectivity index (χ2n) is 6.27. The molecule has 7 heteroatoms. The molecule has 0 aromatic carbocycles. The van der Waals surface area contributed by atoms with E-state index in [-0.39, 0.29) is 11.9 Å². The number of carbonyl (C=O) groups is 1. The Morgan fingerprint density at radius 1 is 1.16 bits per heavy atom. The van der Waals surface area contributed by atoms with Crippen LogP contribution < -0.4 is 0 Å². The van der Waals surface area contributed by atoms with Crippen LogP contribution in [0.15, 0.2) is 49.2 Å². The van der Waals surface area contributed by atoms with Crippen LogP contribution in [-0.2, 0) is 7.05 Å². The molecule has 1 amide bonds. The number of aromatic nitrogens is 5. The highest BCUT2D eigenvalue weighted by Gasteiger charge is 2.31. The fourth-order valence-electron chi connectivity index (χ4n) is 3.42. The minimum absolute atomic E-state index is 0.0149. The smallest absolute Gasteiger partial charge is 0.257 e. The first kappa shape index (κ1) is 15.6. The first-order valence-electron chi connectivity index (χ1n) is 8.48. The number of aryl methyl sites for hydroxylation is 1. The van der Waals surface area contributed by atoms with Crippen molar-refractivity contribution in [3.05, 3.63) is 60.4 Å². The van der Waals surface area contributed by atoms with E-state index in [0.29, 0.717) is 5.56 Å². The number of hydrogen-bond donors (Lipinski definition) is 0. The molecule has 1 atom stereocenters. The maximum Gasteiger partial charge on any atom is 0.257 e. The van der Waals surface area contributed by atoms with Crippen LogP contribution in [-0.4, -0.2) is 41.9 Å². The third kappa shape index (κ3) is 2.93. The van der Waals surface area contributed by atoms with Crippen LogP contribution in [0.2, 0.25) is 0 Å². The van der Waals surface area contributed by atoms with Gasteiger partial charge in [0.05, 0.1) is 35.4 Å². The van der Waals surface area contributed by atoms with Gasteiger partial charge in [-0.05, 0) is 37.5 Å². The highest BCUT2D eigenvalue weighted by atomic mass is 16.2. The second-order valence-corrected chi connectivity index (χ2v) is 6.27. The lowest BCUT2D eigenvalue weighted by Crippen LogP contribution is -2.39. The quantitative estimate of drug-likeness (QED) is 0.736. The zero-order valence-electron chi connectivity index (χ0n) is 14.1. The maximum absolute atomic E-state index is 13.1. The van der Waals surface area contributed by atoms with Gasteiger partial charge in [0.25, 0.3) is 5.91 Å². The van der Waals surface area contributed by atoms with Crippen LogP contribution in [0.25, 0.3) is 5.69 Å². The molecular formula is C18H20N6O. The summed E-state index contributed by atoms with van der Waals surface area (Å²) in [4.78, 5) is 19.1. The number of nitrogens with zero attached hydrogens (tertiary/aromatic N) is 6. The molecule has 0 radical (unpaired) electrons. The van der Waals surface area contributed by atoms with Crippen LogP contribution in [0.1, 0.15) is 41.4 Å². The van der Waals surface area contributed by atoms with Gasteiger partial charge in [-0.1, -0.05) is 0 Å². The Balaban J connectivity index is 1.61. The van der Waals surface area contributed by atoms with Gasteiger partial charge in [-0.3, -0.25) is 14.5 Å². The summed E-state index contributed by atoms with van der Waals surface area (Å²) in [6.45, 7) is 0.757. The van der Waals surface area contributed by atoms with Gasteiger partial charge in [-0.25, -0.2) is 4.68 Å². The second kappa shape index (κ2) is 6.51. The fraction of sp³-hybridized carbons (Fsp3) is 0.333. The van der Waals surface area contributed by atoms with E-state index in [2.05, 4.69) is 15.2 Å². The molecule has 0 N–H and O–H groups in total. The van der Waals surface area contributed by atoms with Crippen molar-refractivity contribution in [2.24, 2.45) is 7.05 Å². The monoisotopic (exact) mass is 336 g/mol. The minimum atomic E-state index is 0.0149. The third-order valence-corrected chi connectivity index (χ3v) is 4.70. The van der Waals surface area contributed by atoms with Gasteiger partial charge in [-0.2, -0.15) is 10.2 Å². The molecule has 25 heavy (non-hydrogen) atoms. The molecule has 7 nitrogen and oxygen atoms in total. The van der Waals surface area contributed by atoms with Crippen molar-refractivity contribution in [1.29, 1.82) is 0 Å². The average molecular weight is 336 g/mol. The van der Waals surface area contributed by atoms with Gasteiger partial charge < -0.3 is 4.90 Å². The molecule has 0 spiro atoms. The topological polar surface area (TPSA) is 68.8 Å². The van der Waals surface area contributed by atoms with Crippen molar-refractivity contribution in [1.82, 2.24) is 29.4 Å². The summed E-state index contributed by atoms with van der Waals surface area (Å²) >= 11 is 0. The largest absolute Gasteiger partial charge is 0.330 e. The van der Waals surface area contributed by atoms with E-state index in [1.54, 1.807) is 35.7 Å². The number of carbonyl (C=O) groups excluding carboxylic acids is 1. The predicted octanol–water partition coefficient (Wildman–Crippen LogP) is 2.37. The Labute approximate surface area is 145 Å². The van der Waals surface area contributed by atoms with Crippen LogP contribution in [0.4, 0.5) is 0 Å². The summed E-state index contributed by atoms with van der Waals surface area (Å²) in [5.41, 5.74) is 2.51. The van der Waals surface area contributed by atoms with E-state index in [1.807, 2.05) is 34.8 Å². The van der Waals surface area contributed by atoms with Crippen molar-refractivity contribution in [3.8, 4) is 5.69 Å². The van der Waals surface area contributed by atoms with Crippen molar-refractivity contribution in [2.75, 3.05) is 6.54 Å². The van der Waals surface area contributed by atoms with E-state index in [1.165, 1.54) is 0 Å². The summed E-state index contributed by atoms with van der Waals surface area (Å²) in [6.07, 6.45) is 11.7. The van der Waals surface area contributed by atoms with E-state index < -0.39 is 0 Å². The first-order valence-corrected chi connectivity index (χ1v) is 8.48. The zero-order chi connectivity index (χ0) is 17.2. The average Bonchev–Trinajstić information content (AvgIpc) is 3.31. The van der Waals surface area contributed by atoms with E-state index in [0.717, 1.165) is 37.2 Å². The van der Waals surface area contributed by atoms with Gasteiger partial charge in [-0.15, -0.1) is 0 Å². The molecule has 1 aliphatic rings. The number of amides is 1. The summed E-state index contributed by atoms with van der Waals surface area (Å²) in [5, 5.41) is 8.58. The highest BCUT2D eigenvalue weighted by molar-refractivity contribution is 5.94. The van der Waals surface area contributed by atoms with Crippen LogP contribution >= 0.6 is 0 Å². The van der Waals surface area contributed by atoms with Crippen molar-refractivity contribution < 1.29 is 4.79 Å². The molecule has 3 aromatic heterocycles. The lowest BCUT2D eigenvalue weighted by atomic mass is 9.98. The summed E-state index contributed by atoms with van der Waals surface area (Å²) < 4.78 is 3.54. The number of pyridine rings is 1. The number of hydrogen-bond acceptors (Lipinski definition) is 4. The summed E-state index contributed by atoms with van der Waals surface area (Å²) in [7, 11) is 1.92. The SMILES string of the molecule is Cn1nccc1[C@@H]1CCCCN1C(=O)c1cnn(-c2cccnc2)c1. The molecule has 1 aliphatic heterocycles. The van der Waals surface area contributed by atoms with E-state index in [4.69, 9.17) is 0 Å². The molecule has 0 bridgehead atoms. The Bertz CT molecular complexity index is 869. The van der Waals surface area contributed by atoms with Crippen molar-refractivity contribution in [2.45, 2.75) is 25.3 Å². The highest BCUT2D eigenvalue weighted by Crippen LogP contribution is 2.31. The molecule has 3 aromatic rings. The van der Waals surface area contributed by atoms with Gasteiger partial charge in [0, 0.05) is 32.2 Å². The normalized spacial score (nSPS) is 17.6. The van der Waals surface area contributed by atoms with Crippen LogP contribution in [0, 0.1) is 0 Å². The predicted molar refractivity (Wildman–Crippen MR) is 92.2 cm³/mol. The molecule has 1 fully saturated rings. The first-order chi connectivity index (χ1) is 12.2. The number of likely N-dealkylation sites (tertiary alicyclic amines) is 1. The summed E-state index contributed by atoms with van der Waals surface area (Å²) in [5.74, 6) is 0.0149. The fourth-order valence-corrected chi connectivity index (χ4v) is 3.42. The van der Waals surface area contributed by atoms with Crippen LogP contribution in [0.5, 0.6) is 0 Å². The number of piperidine rings is 1. The van der Waals surface area contributed by atoms with Gasteiger partial charge >= 0.3 is 0 Å². The standard InChI is InChI=1S/C18H20N6O/c1-22-16(7-9-20-22)17-6-2-3-10-23(17)18(25)14-11-21-24(13-14)15-5-4-8-19-12-15/h4-5,7-9,11-13,17H,2-3,6,10H2,1H3/t17-/m0/s1. The molecule has 0 unspecified atom stereocenters.